The zero-order valence-corrected chi connectivity index (χ0v) is 22.6. The van der Waals surface area contributed by atoms with Crippen LogP contribution in [0.4, 0.5) is 0 Å². The minimum absolute atomic E-state index is 0.0626. The number of ketones is 1. The van der Waals surface area contributed by atoms with Gasteiger partial charge >= 0.3 is 5.97 Å². The van der Waals surface area contributed by atoms with Gasteiger partial charge in [-0.2, -0.15) is 0 Å². The van der Waals surface area contributed by atoms with Crippen LogP contribution in [0.2, 0.25) is 0 Å². The highest BCUT2D eigenvalue weighted by Crippen LogP contribution is 2.32. The van der Waals surface area contributed by atoms with Gasteiger partial charge in [0.1, 0.15) is 16.9 Å². The van der Waals surface area contributed by atoms with Crippen molar-refractivity contribution in [3.8, 4) is 0 Å². The van der Waals surface area contributed by atoms with Crippen molar-refractivity contribution in [1.29, 1.82) is 0 Å². The Hall–Kier alpha value is -1.87. The molecule has 196 valence electrons. The molecule has 0 saturated heterocycles. The number of carbonyl (C=O) groups is 2. The van der Waals surface area contributed by atoms with Crippen LogP contribution in [0.5, 0.6) is 0 Å². The Morgan fingerprint density at radius 2 is 1.97 bits per heavy atom. The minimum Gasteiger partial charge on any atom is -0.457 e. The molecule has 1 aromatic rings. The molecule has 1 aliphatic heterocycles. The van der Waals surface area contributed by atoms with E-state index in [0.29, 0.717) is 17.1 Å². The van der Waals surface area contributed by atoms with E-state index in [2.05, 4.69) is 11.1 Å². The summed E-state index contributed by atoms with van der Waals surface area (Å²) in [7, 11) is 0. The molecular weight excluding hydrogens is 466 g/mol. The molecule has 0 fully saturated rings. The second-order valence-corrected chi connectivity index (χ2v) is 11.4. The number of aliphatic hydroxyl groups is 3. The molecule has 0 saturated carbocycles. The molecule has 0 radical (unpaired) electrons. The summed E-state index contributed by atoms with van der Waals surface area (Å²) < 4.78 is 5.78. The van der Waals surface area contributed by atoms with Crippen LogP contribution in [-0.4, -0.2) is 50.4 Å². The maximum atomic E-state index is 13.2. The van der Waals surface area contributed by atoms with Crippen LogP contribution in [0, 0.1) is 17.3 Å². The lowest BCUT2D eigenvalue weighted by Gasteiger charge is -2.34. The molecule has 2 rings (SSSR count). The molecule has 35 heavy (non-hydrogen) atoms. The van der Waals surface area contributed by atoms with Gasteiger partial charge in [-0.15, -0.1) is 11.3 Å². The highest BCUT2D eigenvalue weighted by molar-refractivity contribution is 7.09. The van der Waals surface area contributed by atoms with Gasteiger partial charge in [0.2, 0.25) is 0 Å². The molecular formula is C27H41NO6S. The fraction of sp³-hybridized carbons (Fsp3) is 0.667. The molecule has 0 amide bonds. The number of hydrogen-bond acceptors (Lipinski definition) is 8. The molecule has 0 spiro atoms. The number of nitrogens with zero attached hydrogens (tertiary/aromatic N) is 1. The van der Waals surface area contributed by atoms with Crippen LogP contribution in [0.1, 0.15) is 84.3 Å². The van der Waals surface area contributed by atoms with E-state index < -0.39 is 35.6 Å². The zero-order valence-electron chi connectivity index (χ0n) is 21.8. The third-order valence-corrected chi connectivity index (χ3v) is 7.96. The molecule has 1 unspecified atom stereocenters. The van der Waals surface area contributed by atoms with Crippen LogP contribution in [0.25, 0.3) is 6.08 Å². The third kappa shape index (κ3) is 8.07. The monoisotopic (exact) mass is 507 g/mol. The summed E-state index contributed by atoms with van der Waals surface area (Å²) in [6.07, 6.45) is 3.95. The van der Waals surface area contributed by atoms with Crippen LogP contribution in [0.15, 0.2) is 22.6 Å². The predicted octanol–water partition coefficient (Wildman–Crippen LogP) is 4.45. The second kappa shape index (κ2) is 12.9. The van der Waals surface area contributed by atoms with E-state index in [-0.39, 0.29) is 24.7 Å². The Morgan fingerprint density at radius 1 is 1.29 bits per heavy atom. The van der Waals surface area contributed by atoms with Gasteiger partial charge in [0.15, 0.2) is 0 Å². The Labute approximate surface area is 212 Å². The average Bonchev–Trinajstić information content (AvgIpc) is 3.26. The van der Waals surface area contributed by atoms with Gasteiger partial charge in [-0.25, -0.2) is 4.98 Å². The number of hydrogen-bond donors (Lipinski definition) is 3. The Balaban J connectivity index is 2.33. The van der Waals surface area contributed by atoms with E-state index in [0.717, 1.165) is 30.4 Å². The molecule has 0 aliphatic carbocycles. The van der Waals surface area contributed by atoms with E-state index in [9.17, 15) is 24.9 Å². The number of aromatic nitrogens is 1. The lowest BCUT2D eigenvalue weighted by atomic mass is 9.73. The van der Waals surface area contributed by atoms with Gasteiger partial charge in [-0.1, -0.05) is 39.3 Å². The molecule has 5 atom stereocenters. The number of thiazole rings is 1. The maximum Gasteiger partial charge on any atom is 0.309 e. The highest BCUT2D eigenvalue weighted by Gasteiger charge is 2.42. The first-order valence-corrected chi connectivity index (χ1v) is 13.2. The molecule has 8 heteroatoms. The summed E-state index contributed by atoms with van der Waals surface area (Å²) >= 11 is 1.36. The molecule has 0 aromatic carbocycles. The number of rotatable bonds is 3. The summed E-state index contributed by atoms with van der Waals surface area (Å²) in [5.41, 5.74) is 1.44. The molecule has 3 N–H and O–H groups in total. The number of esters is 1. The molecule has 1 aliphatic rings. The van der Waals surface area contributed by atoms with Crippen molar-refractivity contribution in [2.45, 2.75) is 98.6 Å². The smallest absolute Gasteiger partial charge is 0.309 e. The fourth-order valence-electron chi connectivity index (χ4n) is 4.42. The summed E-state index contributed by atoms with van der Waals surface area (Å²) in [5, 5.41) is 33.3. The van der Waals surface area contributed by atoms with E-state index in [4.69, 9.17) is 4.74 Å². The standard InChI is InChI=1S/C27H41NO6S/c1-16-8-7-9-17(2)25(32)19(4)26(33)27(5,6)22(30)13-24(31)34-21(11-10-16)18(3)12-20-15-35-23(14-29)28-20/h10,12,15,17,19,21-22,25,29-30,32H,7-9,11,13-14H2,1-6H3/b16-10-,18-12+/t17-,19+,21-,22-,25?/m0/s1. The number of cyclic esters (lactones) is 1. The minimum atomic E-state index is -1.24. The quantitative estimate of drug-likeness (QED) is 0.409. The summed E-state index contributed by atoms with van der Waals surface area (Å²) in [5.74, 6) is -1.58. The van der Waals surface area contributed by atoms with Gasteiger partial charge in [-0.05, 0) is 50.7 Å². The molecule has 0 bridgehead atoms. The Bertz CT molecular complexity index is 934. The predicted molar refractivity (Wildman–Crippen MR) is 138 cm³/mol. The van der Waals surface area contributed by atoms with E-state index in [1.54, 1.807) is 20.8 Å². The first-order chi connectivity index (χ1) is 16.4. The number of aliphatic hydroxyl groups excluding tert-OH is 3. The summed E-state index contributed by atoms with van der Waals surface area (Å²) in [6.45, 7) is 10.6. The topological polar surface area (TPSA) is 117 Å². The van der Waals surface area contributed by atoms with Gasteiger partial charge < -0.3 is 20.1 Å². The number of allylic oxidation sites excluding steroid dienone is 1. The van der Waals surface area contributed by atoms with Crippen molar-refractivity contribution in [1.82, 2.24) is 4.98 Å². The first kappa shape index (κ1) is 29.4. The van der Waals surface area contributed by atoms with Gasteiger partial charge in [0.25, 0.3) is 0 Å². The van der Waals surface area contributed by atoms with Crippen LogP contribution in [0.3, 0.4) is 0 Å². The normalized spacial score (nSPS) is 31.5. The second-order valence-electron chi connectivity index (χ2n) is 10.4. The van der Waals surface area contributed by atoms with Crippen LogP contribution >= 0.6 is 11.3 Å². The van der Waals surface area contributed by atoms with Gasteiger partial charge in [0.05, 0.1) is 36.3 Å². The molecule has 2 heterocycles. The summed E-state index contributed by atoms with van der Waals surface area (Å²) in [4.78, 5) is 30.4. The number of Topliss-reactive ketones (excluding diaryl/α,β-unsaturated/α-hetero) is 1. The van der Waals surface area contributed by atoms with Crippen molar-refractivity contribution in [2.75, 3.05) is 0 Å². The number of carbonyl (C=O) groups excluding carboxylic acids is 2. The van der Waals surface area contributed by atoms with E-state index >= 15 is 0 Å². The third-order valence-electron chi connectivity index (χ3n) is 7.11. The van der Waals surface area contributed by atoms with Gasteiger partial charge in [-0.3, -0.25) is 9.59 Å². The maximum absolute atomic E-state index is 13.2. The number of ether oxygens (including phenoxy) is 1. The molecule has 7 nitrogen and oxygen atoms in total. The van der Waals surface area contributed by atoms with E-state index in [1.165, 1.54) is 11.3 Å². The van der Waals surface area contributed by atoms with Crippen LogP contribution in [-0.2, 0) is 20.9 Å². The van der Waals surface area contributed by atoms with E-state index in [1.807, 2.05) is 32.2 Å². The first-order valence-electron chi connectivity index (χ1n) is 12.4. The lowest BCUT2D eigenvalue weighted by molar-refractivity contribution is -0.154. The summed E-state index contributed by atoms with van der Waals surface area (Å²) in [6, 6.07) is 0. The van der Waals surface area contributed by atoms with Crippen molar-refractivity contribution < 1.29 is 29.6 Å². The Morgan fingerprint density at radius 3 is 2.60 bits per heavy atom. The average molecular weight is 508 g/mol. The zero-order chi connectivity index (χ0) is 26.3. The SMILES string of the molecule is C/C1=C/C[C@@H](/C(C)=C/c2csc(CO)n2)OC(=O)C[C@H](O)C(C)(C)C(=O)[C@H](C)C(O)[C@@H](C)CCC1. The Kier molecular flexibility index (Phi) is 10.8. The fourth-order valence-corrected chi connectivity index (χ4v) is 5.03. The highest BCUT2D eigenvalue weighted by atomic mass is 32.1. The lowest BCUT2D eigenvalue weighted by Crippen LogP contribution is -2.45. The van der Waals surface area contributed by atoms with Crippen molar-refractivity contribution >= 4 is 29.2 Å². The van der Waals surface area contributed by atoms with Crippen molar-refractivity contribution in [2.24, 2.45) is 17.3 Å². The van der Waals surface area contributed by atoms with Crippen LogP contribution < -0.4 is 0 Å². The largest absolute Gasteiger partial charge is 0.457 e. The van der Waals surface area contributed by atoms with Gasteiger partial charge in [0, 0.05) is 17.7 Å². The van der Waals surface area contributed by atoms with Crippen molar-refractivity contribution in [3.05, 3.63) is 33.3 Å². The molecule has 1 aromatic heterocycles. The van der Waals surface area contributed by atoms with Crippen molar-refractivity contribution in [3.63, 3.8) is 0 Å².